The van der Waals surface area contributed by atoms with Crippen LogP contribution in [0.5, 0.6) is 5.75 Å². The molecule has 2 aliphatic rings. The third kappa shape index (κ3) is 3.30. The Hall–Kier alpha value is -2.47. The number of hydrogen-bond donors (Lipinski definition) is 2. The molecule has 1 aromatic heterocycles. The number of anilines is 1. The van der Waals surface area contributed by atoms with Crippen LogP contribution in [0.4, 0.5) is 5.82 Å². The second-order valence-corrected chi connectivity index (χ2v) is 7.86. The number of aromatic nitrogens is 2. The van der Waals surface area contributed by atoms with Crippen LogP contribution >= 0.6 is 0 Å². The molecule has 0 bridgehead atoms. The third-order valence-electron chi connectivity index (χ3n) is 5.93. The second kappa shape index (κ2) is 6.93. The van der Waals surface area contributed by atoms with Crippen molar-refractivity contribution < 1.29 is 9.90 Å². The van der Waals surface area contributed by atoms with Gasteiger partial charge in [-0.15, -0.1) is 10.2 Å². The monoisotopic (exact) mass is 366 g/mol. The maximum atomic E-state index is 11.8. The molecular weight excluding hydrogens is 340 g/mol. The zero-order valence-corrected chi connectivity index (χ0v) is 16.1. The number of aryl methyl sites for hydroxylation is 2. The van der Waals surface area contributed by atoms with Crippen molar-refractivity contribution in [1.29, 1.82) is 0 Å². The van der Waals surface area contributed by atoms with Crippen LogP contribution in [0, 0.1) is 19.8 Å². The van der Waals surface area contributed by atoms with Gasteiger partial charge in [0.15, 0.2) is 5.82 Å². The number of nitrogens with zero attached hydrogens (tertiary/aromatic N) is 3. The number of hydrogen-bond acceptors (Lipinski definition) is 6. The Balaban J connectivity index is 1.59. The summed E-state index contributed by atoms with van der Waals surface area (Å²) >= 11 is 0. The van der Waals surface area contributed by atoms with Crippen molar-refractivity contribution in [3.63, 3.8) is 0 Å². The summed E-state index contributed by atoms with van der Waals surface area (Å²) in [5.74, 6) is 1.39. The molecule has 0 amide bonds. The first-order chi connectivity index (χ1) is 12.9. The smallest absolute Gasteiger partial charge is 0.151 e. The SMILES string of the molecule is CC(=O)C1CN[C@@H]2CCN(c3ccc(-c4c(C)cc(C)cc4O)nn3)[C@@H]2C1. The topological polar surface area (TPSA) is 78.4 Å². The molecule has 2 fully saturated rings. The lowest BCUT2D eigenvalue weighted by molar-refractivity contribution is -0.121. The van der Waals surface area contributed by atoms with Gasteiger partial charge in [-0.05, 0) is 62.9 Å². The molecule has 0 aliphatic carbocycles. The molecule has 6 heteroatoms. The zero-order valence-electron chi connectivity index (χ0n) is 16.1. The van der Waals surface area contributed by atoms with Gasteiger partial charge in [-0.2, -0.15) is 0 Å². The average molecular weight is 366 g/mol. The highest BCUT2D eigenvalue weighted by atomic mass is 16.3. The summed E-state index contributed by atoms with van der Waals surface area (Å²) in [5.41, 5.74) is 3.41. The van der Waals surface area contributed by atoms with Gasteiger partial charge < -0.3 is 15.3 Å². The van der Waals surface area contributed by atoms with E-state index in [-0.39, 0.29) is 23.5 Å². The molecule has 1 aromatic carbocycles. The molecule has 3 heterocycles. The number of nitrogens with one attached hydrogen (secondary N) is 1. The summed E-state index contributed by atoms with van der Waals surface area (Å²) in [7, 11) is 0. The number of phenolic OH excluding ortho intramolecular Hbond substituents is 1. The minimum Gasteiger partial charge on any atom is -0.507 e. The van der Waals surface area contributed by atoms with Crippen LogP contribution in [-0.2, 0) is 4.79 Å². The van der Waals surface area contributed by atoms with Crippen LogP contribution in [0.25, 0.3) is 11.3 Å². The molecule has 2 aromatic rings. The quantitative estimate of drug-likeness (QED) is 0.869. The molecule has 2 saturated heterocycles. The van der Waals surface area contributed by atoms with E-state index in [1.807, 2.05) is 32.0 Å². The molecule has 2 N–H and O–H groups in total. The zero-order chi connectivity index (χ0) is 19.1. The van der Waals surface area contributed by atoms with Crippen molar-refractivity contribution in [2.24, 2.45) is 5.92 Å². The second-order valence-electron chi connectivity index (χ2n) is 7.86. The molecule has 4 rings (SSSR count). The Morgan fingerprint density at radius 1 is 1.26 bits per heavy atom. The minimum absolute atomic E-state index is 0.0752. The maximum Gasteiger partial charge on any atom is 0.151 e. The van der Waals surface area contributed by atoms with E-state index < -0.39 is 0 Å². The van der Waals surface area contributed by atoms with E-state index in [0.717, 1.165) is 48.4 Å². The van der Waals surface area contributed by atoms with Gasteiger partial charge in [0.25, 0.3) is 0 Å². The maximum absolute atomic E-state index is 11.8. The summed E-state index contributed by atoms with van der Waals surface area (Å²) in [6, 6.07) is 8.36. The van der Waals surface area contributed by atoms with Crippen LogP contribution in [0.3, 0.4) is 0 Å². The number of carbonyl (C=O) groups is 1. The van der Waals surface area contributed by atoms with E-state index in [1.54, 1.807) is 13.0 Å². The molecule has 3 atom stereocenters. The highest BCUT2D eigenvalue weighted by Gasteiger charge is 2.40. The van der Waals surface area contributed by atoms with Crippen LogP contribution in [0.2, 0.25) is 0 Å². The van der Waals surface area contributed by atoms with Crippen molar-refractivity contribution in [3.8, 4) is 17.0 Å². The number of piperidine rings is 1. The van der Waals surface area contributed by atoms with Crippen molar-refractivity contribution >= 4 is 11.6 Å². The van der Waals surface area contributed by atoms with Crippen LogP contribution in [-0.4, -0.2) is 46.3 Å². The Kier molecular flexibility index (Phi) is 4.60. The van der Waals surface area contributed by atoms with Crippen LogP contribution < -0.4 is 10.2 Å². The molecule has 0 spiro atoms. The predicted molar refractivity (Wildman–Crippen MR) is 105 cm³/mol. The number of rotatable bonds is 3. The van der Waals surface area contributed by atoms with Crippen LogP contribution in [0.15, 0.2) is 24.3 Å². The van der Waals surface area contributed by atoms with E-state index in [4.69, 9.17) is 0 Å². The highest BCUT2D eigenvalue weighted by molar-refractivity contribution is 5.79. The molecule has 1 unspecified atom stereocenters. The van der Waals surface area contributed by atoms with Gasteiger partial charge in [0.2, 0.25) is 0 Å². The van der Waals surface area contributed by atoms with Crippen molar-refractivity contribution in [3.05, 3.63) is 35.4 Å². The fraction of sp³-hybridized carbons (Fsp3) is 0.476. The number of aromatic hydroxyl groups is 1. The van der Waals surface area contributed by atoms with E-state index in [9.17, 15) is 9.90 Å². The number of phenols is 1. The van der Waals surface area contributed by atoms with E-state index >= 15 is 0 Å². The molecular formula is C21H26N4O2. The van der Waals surface area contributed by atoms with Crippen molar-refractivity contribution in [2.75, 3.05) is 18.0 Å². The van der Waals surface area contributed by atoms with Crippen molar-refractivity contribution in [1.82, 2.24) is 15.5 Å². The summed E-state index contributed by atoms with van der Waals surface area (Å²) in [5, 5.41) is 22.7. The lowest BCUT2D eigenvalue weighted by Crippen LogP contribution is -2.52. The number of ketones is 1. The first-order valence-corrected chi connectivity index (χ1v) is 9.59. The predicted octanol–water partition coefficient (Wildman–Crippen LogP) is 2.61. The Bertz CT molecular complexity index is 842. The Morgan fingerprint density at radius 2 is 2.07 bits per heavy atom. The largest absolute Gasteiger partial charge is 0.507 e. The molecule has 0 radical (unpaired) electrons. The van der Waals surface area contributed by atoms with Crippen LogP contribution in [0.1, 0.15) is 30.9 Å². The Morgan fingerprint density at radius 3 is 2.74 bits per heavy atom. The minimum atomic E-state index is 0.0752. The van der Waals surface area contributed by atoms with Gasteiger partial charge in [-0.1, -0.05) is 6.07 Å². The third-order valence-corrected chi connectivity index (χ3v) is 5.93. The number of fused-ring (bicyclic) bond motifs is 1. The molecule has 6 nitrogen and oxygen atoms in total. The molecule has 0 saturated carbocycles. The van der Waals surface area contributed by atoms with E-state index in [2.05, 4.69) is 20.4 Å². The molecule has 142 valence electrons. The van der Waals surface area contributed by atoms with Gasteiger partial charge >= 0.3 is 0 Å². The standard InChI is InChI=1S/C21H26N4O2/c1-12-8-13(2)21(19(27)9-12)17-4-5-20(24-23-17)25-7-6-16-18(25)10-15(11-22-16)14(3)26/h4-5,8-9,15-16,18,22,27H,6-7,10-11H2,1-3H3/t15?,16-,18-/m1/s1. The summed E-state index contributed by atoms with van der Waals surface area (Å²) in [4.78, 5) is 14.1. The number of Topliss-reactive ketones (excluding diaryl/α,β-unsaturated/α-hetero) is 1. The van der Waals surface area contributed by atoms with Gasteiger partial charge in [0.05, 0.1) is 5.69 Å². The lowest BCUT2D eigenvalue weighted by Gasteiger charge is -2.36. The average Bonchev–Trinajstić information content (AvgIpc) is 3.04. The van der Waals surface area contributed by atoms with Gasteiger partial charge in [-0.3, -0.25) is 4.79 Å². The number of benzene rings is 1. The first kappa shape index (κ1) is 17.9. The van der Waals surface area contributed by atoms with E-state index in [0.29, 0.717) is 11.7 Å². The number of carbonyl (C=O) groups excluding carboxylic acids is 1. The van der Waals surface area contributed by atoms with E-state index in [1.165, 1.54) is 0 Å². The van der Waals surface area contributed by atoms with Gasteiger partial charge in [0.1, 0.15) is 11.5 Å². The summed E-state index contributed by atoms with van der Waals surface area (Å²) in [6.45, 7) is 7.30. The molecule has 2 aliphatic heterocycles. The fourth-order valence-electron chi connectivity index (χ4n) is 4.54. The Labute approximate surface area is 159 Å². The highest BCUT2D eigenvalue weighted by Crippen LogP contribution is 2.34. The van der Waals surface area contributed by atoms with Gasteiger partial charge in [-0.25, -0.2) is 0 Å². The summed E-state index contributed by atoms with van der Waals surface area (Å²) in [6.07, 6.45) is 1.92. The normalized spacial score (nSPS) is 24.7. The lowest BCUT2D eigenvalue weighted by atomic mass is 9.88. The fourth-order valence-corrected chi connectivity index (χ4v) is 4.54. The molecule has 27 heavy (non-hydrogen) atoms. The van der Waals surface area contributed by atoms with Crippen molar-refractivity contribution in [2.45, 2.75) is 45.7 Å². The van der Waals surface area contributed by atoms with Gasteiger partial charge in [0, 0.05) is 36.7 Å². The summed E-state index contributed by atoms with van der Waals surface area (Å²) < 4.78 is 0. The first-order valence-electron chi connectivity index (χ1n) is 9.59.